The summed E-state index contributed by atoms with van der Waals surface area (Å²) < 4.78 is 33.2. The summed E-state index contributed by atoms with van der Waals surface area (Å²) in [5.41, 5.74) is 2.11. The molecular weight excluding hydrogens is 407 g/mol. The van der Waals surface area contributed by atoms with Gasteiger partial charge in [0.2, 0.25) is 5.89 Å². The molecule has 0 fully saturated rings. The lowest BCUT2D eigenvalue weighted by molar-refractivity contribution is 0.601. The Hall–Kier alpha value is -2.54. The molecule has 27 heavy (non-hydrogen) atoms. The number of fused-ring (bicyclic) bond motifs is 1. The first-order chi connectivity index (χ1) is 12.9. The van der Waals surface area contributed by atoms with Crippen LogP contribution in [0.4, 0.5) is 5.69 Å². The van der Waals surface area contributed by atoms with Crippen molar-refractivity contribution in [2.24, 2.45) is 0 Å². The second-order valence-electron chi connectivity index (χ2n) is 5.75. The minimum absolute atomic E-state index is 0.182. The molecule has 136 valence electrons. The van der Waals surface area contributed by atoms with Crippen LogP contribution < -0.4 is 4.72 Å². The third kappa shape index (κ3) is 3.64. The average Bonchev–Trinajstić information content (AvgIpc) is 3.08. The summed E-state index contributed by atoms with van der Waals surface area (Å²) in [6.07, 6.45) is 0. The van der Waals surface area contributed by atoms with Gasteiger partial charge in [-0.25, -0.2) is 13.4 Å². The van der Waals surface area contributed by atoms with Gasteiger partial charge in [-0.15, -0.1) is 0 Å². The maximum absolute atomic E-state index is 12.5. The van der Waals surface area contributed by atoms with Crippen LogP contribution in [0.3, 0.4) is 0 Å². The maximum Gasteiger partial charge on any atom is 0.261 e. The van der Waals surface area contributed by atoms with Crippen molar-refractivity contribution in [3.63, 3.8) is 0 Å². The van der Waals surface area contributed by atoms with E-state index in [1.807, 2.05) is 0 Å². The number of hydrogen-bond acceptors (Lipinski definition) is 4. The molecule has 1 aromatic heterocycles. The highest BCUT2D eigenvalue weighted by Crippen LogP contribution is 2.31. The van der Waals surface area contributed by atoms with E-state index in [0.29, 0.717) is 38.3 Å². The number of hydrogen-bond donors (Lipinski definition) is 1. The number of aromatic nitrogens is 1. The van der Waals surface area contributed by atoms with Gasteiger partial charge in [0.25, 0.3) is 10.0 Å². The quantitative estimate of drug-likeness (QED) is 0.467. The van der Waals surface area contributed by atoms with E-state index in [0.717, 1.165) is 0 Å². The van der Waals surface area contributed by atoms with Crippen LogP contribution in [0.5, 0.6) is 0 Å². The van der Waals surface area contributed by atoms with E-state index in [-0.39, 0.29) is 4.90 Å². The summed E-state index contributed by atoms with van der Waals surface area (Å²) in [7, 11) is -3.68. The van der Waals surface area contributed by atoms with Crippen LogP contribution >= 0.6 is 23.2 Å². The number of benzene rings is 3. The van der Waals surface area contributed by atoms with Crippen molar-refractivity contribution in [3.05, 3.63) is 76.8 Å². The van der Waals surface area contributed by atoms with Gasteiger partial charge in [-0.05, 0) is 48.5 Å². The zero-order valence-electron chi connectivity index (χ0n) is 13.7. The van der Waals surface area contributed by atoms with E-state index in [9.17, 15) is 8.42 Å². The fourth-order valence-electron chi connectivity index (χ4n) is 2.56. The lowest BCUT2D eigenvalue weighted by Crippen LogP contribution is -2.12. The van der Waals surface area contributed by atoms with Gasteiger partial charge in [-0.2, -0.15) is 0 Å². The summed E-state index contributed by atoms with van der Waals surface area (Å²) >= 11 is 12.0. The Morgan fingerprint density at radius 2 is 1.67 bits per heavy atom. The number of nitrogens with zero attached hydrogens (tertiary/aromatic N) is 1. The molecule has 0 radical (unpaired) electrons. The van der Waals surface area contributed by atoms with Gasteiger partial charge in [0.05, 0.1) is 20.6 Å². The fourth-order valence-corrected chi connectivity index (χ4v) is 3.93. The molecule has 5 nitrogen and oxygen atoms in total. The Morgan fingerprint density at radius 3 is 2.41 bits per heavy atom. The van der Waals surface area contributed by atoms with Crippen molar-refractivity contribution in [2.75, 3.05) is 4.72 Å². The van der Waals surface area contributed by atoms with Crippen LogP contribution in [-0.2, 0) is 10.0 Å². The van der Waals surface area contributed by atoms with Gasteiger partial charge in [-0.3, -0.25) is 4.72 Å². The number of halogens is 2. The smallest absolute Gasteiger partial charge is 0.261 e. The molecule has 4 rings (SSSR count). The number of oxazole rings is 1. The van der Waals surface area contributed by atoms with Crippen molar-refractivity contribution in [1.82, 2.24) is 4.98 Å². The van der Waals surface area contributed by atoms with Gasteiger partial charge < -0.3 is 4.42 Å². The molecule has 0 amide bonds. The molecule has 0 saturated carbocycles. The molecule has 0 aliphatic rings. The normalized spacial score (nSPS) is 11.6. The van der Waals surface area contributed by atoms with E-state index in [2.05, 4.69) is 9.71 Å². The monoisotopic (exact) mass is 418 g/mol. The Labute approximate surface area is 165 Å². The van der Waals surface area contributed by atoms with E-state index in [4.69, 9.17) is 27.6 Å². The summed E-state index contributed by atoms with van der Waals surface area (Å²) in [5, 5.41) is 0.835. The van der Waals surface area contributed by atoms with E-state index in [1.165, 1.54) is 12.1 Å². The number of sulfonamides is 1. The van der Waals surface area contributed by atoms with E-state index in [1.54, 1.807) is 54.6 Å². The van der Waals surface area contributed by atoms with Gasteiger partial charge >= 0.3 is 0 Å². The first kappa shape index (κ1) is 17.9. The van der Waals surface area contributed by atoms with Crippen molar-refractivity contribution in [1.29, 1.82) is 0 Å². The highest BCUT2D eigenvalue weighted by molar-refractivity contribution is 7.92. The highest BCUT2D eigenvalue weighted by atomic mass is 35.5. The SMILES string of the molecule is O=S(=O)(Nc1ccc2oc(-c3ccc(Cl)c(Cl)c3)nc2c1)c1ccccc1. The Balaban J connectivity index is 1.68. The largest absolute Gasteiger partial charge is 0.436 e. The minimum atomic E-state index is -3.68. The molecule has 0 bridgehead atoms. The van der Waals surface area contributed by atoms with Gasteiger partial charge in [-0.1, -0.05) is 41.4 Å². The molecule has 0 atom stereocenters. The summed E-state index contributed by atoms with van der Waals surface area (Å²) in [6, 6.07) is 18.1. The van der Waals surface area contributed by atoms with Crippen molar-refractivity contribution < 1.29 is 12.8 Å². The van der Waals surface area contributed by atoms with Crippen molar-refractivity contribution >= 4 is 50.0 Å². The molecular formula is C19H12Cl2N2O3S. The molecule has 1 N–H and O–H groups in total. The van der Waals surface area contributed by atoms with Crippen LogP contribution in [0.2, 0.25) is 10.0 Å². The second-order valence-corrected chi connectivity index (χ2v) is 8.25. The number of rotatable bonds is 4. The number of anilines is 1. The Morgan fingerprint density at radius 1 is 0.889 bits per heavy atom. The molecule has 0 unspecified atom stereocenters. The lowest BCUT2D eigenvalue weighted by Gasteiger charge is -2.07. The first-order valence-corrected chi connectivity index (χ1v) is 10.1. The maximum atomic E-state index is 12.5. The van der Waals surface area contributed by atoms with Crippen LogP contribution in [0.25, 0.3) is 22.6 Å². The zero-order chi connectivity index (χ0) is 19.0. The molecule has 4 aromatic rings. The Kier molecular flexibility index (Phi) is 4.55. The second kappa shape index (κ2) is 6.88. The van der Waals surface area contributed by atoms with Crippen LogP contribution in [0.1, 0.15) is 0 Å². The van der Waals surface area contributed by atoms with Crippen LogP contribution in [0, 0.1) is 0 Å². The number of nitrogens with one attached hydrogen (secondary N) is 1. The first-order valence-electron chi connectivity index (χ1n) is 7.86. The topological polar surface area (TPSA) is 72.2 Å². The van der Waals surface area contributed by atoms with Crippen molar-refractivity contribution in [2.45, 2.75) is 4.90 Å². The predicted molar refractivity (Wildman–Crippen MR) is 107 cm³/mol. The predicted octanol–water partition coefficient (Wildman–Crippen LogP) is 5.60. The molecule has 0 spiro atoms. The van der Waals surface area contributed by atoms with Gasteiger partial charge in [0, 0.05) is 5.56 Å². The third-order valence-electron chi connectivity index (χ3n) is 3.86. The summed E-state index contributed by atoms with van der Waals surface area (Å²) in [4.78, 5) is 4.60. The Bertz CT molecular complexity index is 1240. The zero-order valence-corrected chi connectivity index (χ0v) is 16.0. The van der Waals surface area contributed by atoms with Crippen molar-refractivity contribution in [3.8, 4) is 11.5 Å². The third-order valence-corrected chi connectivity index (χ3v) is 6.00. The molecule has 0 aliphatic carbocycles. The fraction of sp³-hybridized carbons (Fsp3) is 0. The molecule has 0 saturated heterocycles. The molecule has 0 aliphatic heterocycles. The molecule has 8 heteroatoms. The van der Waals surface area contributed by atoms with Crippen LogP contribution in [0.15, 0.2) is 76.0 Å². The molecule has 1 heterocycles. The van der Waals surface area contributed by atoms with Gasteiger partial charge in [0.15, 0.2) is 5.58 Å². The highest BCUT2D eigenvalue weighted by Gasteiger charge is 2.15. The summed E-state index contributed by atoms with van der Waals surface area (Å²) in [6.45, 7) is 0. The lowest BCUT2D eigenvalue weighted by atomic mass is 10.2. The van der Waals surface area contributed by atoms with Crippen LogP contribution in [-0.4, -0.2) is 13.4 Å². The van der Waals surface area contributed by atoms with Gasteiger partial charge in [0.1, 0.15) is 5.52 Å². The minimum Gasteiger partial charge on any atom is -0.436 e. The standard InChI is InChI=1S/C19H12Cl2N2O3S/c20-15-8-6-12(10-16(15)21)19-22-17-11-13(7-9-18(17)26-19)23-27(24,25)14-4-2-1-3-5-14/h1-11,23H. The molecule has 3 aromatic carbocycles. The summed E-state index contributed by atoms with van der Waals surface area (Å²) in [5.74, 6) is 0.367. The van der Waals surface area contributed by atoms with E-state index < -0.39 is 10.0 Å². The average molecular weight is 419 g/mol. The van der Waals surface area contributed by atoms with E-state index >= 15 is 0 Å².